The van der Waals surface area contributed by atoms with Crippen LogP contribution in [0.1, 0.15) is 39.5 Å². The smallest absolute Gasteiger partial charge is 0.126 e. The zero-order valence-corrected chi connectivity index (χ0v) is 6.81. The molecule has 0 rings (SSSR count). The van der Waals surface area contributed by atoms with E-state index in [1.165, 1.54) is 0 Å². The lowest BCUT2D eigenvalue weighted by molar-refractivity contribution is 0.0648. The van der Waals surface area contributed by atoms with Crippen LogP contribution in [0.5, 0.6) is 0 Å². The van der Waals surface area contributed by atoms with Gasteiger partial charge in [0, 0.05) is 0 Å². The molecule has 0 aliphatic carbocycles. The summed E-state index contributed by atoms with van der Waals surface area (Å²) in [4.78, 5) is 0. The third kappa shape index (κ3) is 3.83. The number of halogens is 1. The molecule has 0 aromatic carbocycles. The number of aliphatic hydroxyl groups excluding tert-OH is 1. The lowest BCUT2D eigenvalue weighted by Gasteiger charge is -2.13. The van der Waals surface area contributed by atoms with Crippen molar-refractivity contribution in [3.8, 4) is 0 Å². The number of hydrogen-bond acceptors (Lipinski definition) is 1. The van der Waals surface area contributed by atoms with Crippen LogP contribution >= 0.6 is 0 Å². The lowest BCUT2D eigenvalue weighted by Crippen LogP contribution is -2.20. The fraction of sp³-hybridized carbons (Fsp3) is 1.00. The molecule has 62 valence electrons. The van der Waals surface area contributed by atoms with Crippen LogP contribution in [0.2, 0.25) is 0 Å². The molecule has 10 heavy (non-hydrogen) atoms. The van der Waals surface area contributed by atoms with E-state index in [1.54, 1.807) is 0 Å². The van der Waals surface area contributed by atoms with Gasteiger partial charge in [-0.25, -0.2) is 4.39 Å². The van der Waals surface area contributed by atoms with Gasteiger partial charge in [0.2, 0.25) is 0 Å². The summed E-state index contributed by atoms with van der Waals surface area (Å²) >= 11 is 0. The number of alkyl halides is 1. The molecule has 0 radical (unpaired) electrons. The Bertz CT molecular complexity index is 65.7. The second-order valence-corrected chi connectivity index (χ2v) is 2.66. The Morgan fingerprint density at radius 1 is 1.20 bits per heavy atom. The fourth-order valence-electron chi connectivity index (χ4n) is 0.945. The van der Waals surface area contributed by atoms with Crippen molar-refractivity contribution in [1.82, 2.24) is 0 Å². The van der Waals surface area contributed by atoms with Gasteiger partial charge in [-0.05, 0) is 12.8 Å². The van der Waals surface area contributed by atoms with Crippen molar-refractivity contribution in [2.24, 2.45) is 0 Å². The Hall–Kier alpha value is -0.110. The maximum atomic E-state index is 12.7. The minimum Gasteiger partial charge on any atom is -0.390 e. The van der Waals surface area contributed by atoms with Crippen molar-refractivity contribution < 1.29 is 9.50 Å². The lowest BCUT2D eigenvalue weighted by atomic mass is 10.1. The first kappa shape index (κ1) is 9.89. The molecule has 2 unspecified atom stereocenters. The van der Waals surface area contributed by atoms with Crippen LogP contribution in [0.3, 0.4) is 0 Å². The number of rotatable bonds is 5. The molecular formula is C8H17FO. The van der Waals surface area contributed by atoms with E-state index in [2.05, 4.69) is 0 Å². The molecule has 0 bridgehead atoms. The minimum atomic E-state index is -1.01. The summed E-state index contributed by atoms with van der Waals surface area (Å²) in [5.74, 6) is 0. The first-order valence-corrected chi connectivity index (χ1v) is 4.04. The number of aliphatic hydroxyl groups is 1. The van der Waals surface area contributed by atoms with Crippen molar-refractivity contribution in [2.75, 3.05) is 0 Å². The first-order valence-electron chi connectivity index (χ1n) is 4.04. The van der Waals surface area contributed by atoms with Crippen LogP contribution < -0.4 is 0 Å². The monoisotopic (exact) mass is 148 g/mol. The zero-order chi connectivity index (χ0) is 7.98. The van der Waals surface area contributed by atoms with E-state index in [-0.39, 0.29) is 0 Å². The summed E-state index contributed by atoms with van der Waals surface area (Å²) in [6.45, 7) is 3.87. The summed E-state index contributed by atoms with van der Waals surface area (Å²) in [5.41, 5.74) is 0. The van der Waals surface area contributed by atoms with E-state index < -0.39 is 12.3 Å². The molecule has 0 aromatic rings. The van der Waals surface area contributed by atoms with Gasteiger partial charge in [0.05, 0.1) is 6.10 Å². The summed E-state index contributed by atoms with van der Waals surface area (Å²) in [7, 11) is 0. The topological polar surface area (TPSA) is 20.2 Å². The molecule has 0 aliphatic heterocycles. The van der Waals surface area contributed by atoms with Gasteiger partial charge >= 0.3 is 0 Å². The van der Waals surface area contributed by atoms with Crippen molar-refractivity contribution in [1.29, 1.82) is 0 Å². The van der Waals surface area contributed by atoms with E-state index in [0.29, 0.717) is 12.8 Å². The maximum absolute atomic E-state index is 12.7. The maximum Gasteiger partial charge on any atom is 0.126 e. The molecule has 0 aromatic heterocycles. The molecule has 1 nitrogen and oxygen atoms in total. The molecular weight excluding hydrogens is 131 g/mol. The molecule has 2 atom stereocenters. The van der Waals surface area contributed by atoms with Gasteiger partial charge in [-0.2, -0.15) is 0 Å². The van der Waals surface area contributed by atoms with Crippen LogP contribution in [0.25, 0.3) is 0 Å². The van der Waals surface area contributed by atoms with Crippen LogP contribution in [0.15, 0.2) is 0 Å². The average molecular weight is 148 g/mol. The van der Waals surface area contributed by atoms with E-state index in [4.69, 9.17) is 5.11 Å². The largest absolute Gasteiger partial charge is 0.390 e. The predicted octanol–water partition coefficient (Wildman–Crippen LogP) is 2.29. The summed E-state index contributed by atoms with van der Waals surface area (Å²) in [6, 6.07) is 0. The normalized spacial score (nSPS) is 16.8. The fourth-order valence-corrected chi connectivity index (χ4v) is 0.945. The van der Waals surface area contributed by atoms with Gasteiger partial charge in [0.1, 0.15) is 6.17 Å². The van der Waals surface area contributed by atoms with Crippen molar-refractivity contribution >= 4 is 0 Å². The summed E-state index contributed by atoms with van der Waals surface area (Å²) in [6.07, 6.45) is 0.991. The standard InChI is InChI=1S/C8H17FO/c1-3-5-7(9)8(10)6-4-2/h7-8,10H,3-6H2,1-2H3. The van der Waals surface area contributed by atoms with Gasteiger partial charge in [0.25, 0.3) is 0 Å². The second-order valence-electron chi connectivity index (χ2n) is 2.66. The summed E-state index contributed by atoms with van der Waals surface area (Å²) in [5, 5.41) is 9.07. The molecule has 0 spiro atoms. The highest BCUT2D eigenvalue weighted by molar-refractivity contribution is 4.65. The molecule has 0 aliphatic rings. The van der Waals surface area contributed by atoms with Gasteiger partial charge in [-0.3, -0.25) is 0 Å². The Labute approximate surface area is 62.3 Å². The highest BCUT2D eigenvalue weighted by Crippen LogP contribution is 2.10. The van der Waals surface area contributed by atoms with Gasteiger partial charge in [-0.1, -0.05) is 26.7 Å². The third-order valence-electron chi connectivity index (χ3n) is 1.57. The Morgan fingerprint density at radius 2 is 1.70 bits per heavy atom. The highest BCUT2D eigenvalue weighted by Gasteiger charge is 2.15. The van der Waals surface area contributed by atoms with Crippen LogP contribution in [0, 0.1) is 0 Å². The second kappa shape index (κ2) is 5.66. The summed E-state index contributed by atoms with van der Waals surface area (Å²) < 4.78 is 12.7. The first-order chi connectivity index (χ1) is 4.72. The molecule has 0 heterocycles. The zero-order valence-electron chi connectivity index (χ0n) is 6.81. The van der Waals surface area contributed by atoms with Crippen LogP contribution in [-0.4, -0.2) is 17.4 Å². The third-order valence-corrected chi connectivity index (χ3v) is 1.57. The van der Waals surface area contributed by atoms with E-state index in [9.17, 15) is 4.39 Å². The van der Waals surface area contributed by atoms with E-state index in [1.807, 2.05) is 13.8 Å². The molecule has 0 saturated heterocycles. The van der Waals surface area contributed by atoms with Crippen molar-refractivity contribution in [2.45, 2.75) is 51.8 Å². The quantitative estimate of drug-likeness (QED) is 0.634. The molecule has 2 heteroatoms. The Kier molecular flexibility index (Phi) is 5.60. The Balaban J connectivity index is 3.38. The SMILES string of the molecule is CCCC(O)C(F)CCC. The Morgan fingerprint density at radius 3 is 2.10 bits per heavy atom. The molecule has 0 fully saturated rings. The molecule has 0 saturated carbocycles. The van der Waals surface area contributed by atoms with Gasteiger partial charge < -0.3 is 5.11 Å². The molecule has 0 amide bonds. The van der Waals surface area contributed by atoms with Crippen LogP contribution in [0.4, 0.5) is 4.39 Å². The average Bonchev–Trinajstić information content (AvgIpc) is 1.89. The predicted molar refractivity (Wildman–Crippen MR) is 40.7 cm³/mol. The van der Waals surface area contributed by atoms with Gasteiger partial charge in [-0.15, -0.1) is 0 Å². The highest BCUT2D eigenvalue weighted by atomic mass is 19.1. The van der Waals surface area contributed by atoms with E-state index >= 15 is 0 Å². The minimum absolute atomic E-state index is 0.487. The van der Waals surface area contributed by atoms with Crippen molar-refractivity contribution in [3.63, 3.8) is 0 Å². The van der Waals surface area contributed by atoms with Gasteiger partial charge in [0.15, 0.2) is 0 Å². The van der Waals surface area contributed by atoms with Crippen molar-refractivity contribution in [3.05, 3.63) is 0 Å². The molecule has 1 N–H and O–H groups in total. The number of hydrogen-bond donors (Lipinski definition) is 1. The van der Waals surface area contributed by atoms with E-state index in [0.717, 1.165) is 12.8 Å². The van der Waals surface area contributed by atoms with Crippen LogP contribution in [-0.2, 0) is 0 Å².